The van der Waals surface area contributed by atoms with Crippen LogP contribution in [0.3, 0.4) is 0 Å². The molecule has 0 spiro atoms. The molecule has 0 aliphatic heterocycles. The first-order valence-corrected chi connectivity index (χ1v) is 11.6. The minimum atomic E-state index is -0.359. The summed E-state index contributed by atoms with van der Waals surface area (Å²) in [5.41, 5.74) is 3.12. The van der Waals surface area contributed by atoms with Gasteiger partial charge in [0.25, 0.3) is 11.5 Å². The van der Waals surface area contributed by atoms with Crippen LogP contribution in [-0.4, -0.2) is 45.0 Å². The van der Waals surface area contributed by atoms with Crippen molar-refractivity contribution in [3.63, 3.8) is 0 Å². The molecular weight excluding hydrogens is 444 g/mol. The van der Waals surface area contributed by atoms with Crippen LogP contribution in [0.2, 0.25) is 0 Å². The minimum absolute atomic E-state index is 0.0346. The lowest BCUT2D eigenvalue weighted by molar-refractivity contribution is 0.0933. The van der Waals surface area contributed by atoms with Gasteiger partial charge < -0.3 is 15.2 Å². The number of methoxy groups -OCH3 is 1. The molecule has 1 aliphatic carbocycles. The van der Waals surface area contributed by atoms with Gasteiger partial charge in [0.05, 0.1) is 30.4 Å². The van der Waals surface area contributed by atoms with E-state index >= 15 is 0 Å². The van der Waals surface area contributed by atoms with E-state index in [-0.39, 0.29) is 23.6 Å². The second kappa shape index (κ2) is 9.31. The Kier molecular flexibility index (Phi) is 6.05. The Morgan fingerprint density at radius 2 is 2.00 bits per heavy atom. The lowest BCUT2D eigenvalue weighted by Crippen LogP contribution is -2.33. The maximum atomic E-state index is 13.2. The van der Waals surface area contributed by atoms with Crippen LogP contribution in [0.4, 0.5) is 0 Å². The average Bonchev–Trinajstić information content (AvgIpc) is 3.28. The van der Waals surface area contributed by atoms with Gasteiger partial charge >= 0.3 is 0 Å². The van der Waals surface area contributed by atoms with Gasteiger partial charge in [0.15, 0.2) is 5.82 Å². The quantitative estimate of drug-likeness (QED) is 0.463. The van der Waals surface area contributed by atoms with Gasteiger partial charge in [-0.1, -0.05) is 18.2 Å². The van der Waals surface area contributed by atoms with E-state index in [2.05, 4.69) is 15.4 Å². The van der Waals surface area contributed by atoms with Crippen molar-refractivity contribution in [1.82, 2.24) is 20.1 Å². The Labute approximate surface area is 202 Å². The number of aliphatic hydroxyl groups excluding tert-OH is 1. The zero-order chi connectivity index (χ0) is 24.5. The molecule has 5 rings (SSSR count). The van der Waals surface area contributed by atoms with Crippen LogP contribution >= 0.6 is 0 Å². The molecule has 2 N–H and O–H groups in total. The minimum Gasteiger partial charge on any atom is -0.496 e. The number of pyridine rings is 1. The number of ether oxygens (including phenoxy) is 1. The number of hydrogen-bond acceptors (Lipinski definition) is 6. The largest absolute Gasteiger partial charge is 0.496 e. The molecule has 4 aromatic rings. The highest BCUT2D eigenvalue weighted by Crippen LogP contribution is 2.31. The number of carbonyl (C=O) groups is 1. The van der Waals surface area contributed by atoms with E-state index in [0.29, 0.717) is 29.6 Å². The highest BCUT2D eigenvalue weighted by atomic mass is 16.5. The third-order valence-corrected chi connectivity index (χ3v) is 6.57. The summed E-state index contributed by atoms with van der Waals surface area (Å²) in [5.74, 6) is 0.889. The fourth-order valence-corrected chi connectivity index (χ4v) is 4.63. The van der Waals surface area contributed by atoms with Crippen LogP contribution in [0.5, 0.6) is 5.75 Å². The lowest BCUT2D eigenvalue weighted by Gasteiger charge is -2.12. The molecule has 1 aliphatic rings. The summed E-state index contributed by atoms with van der Waals surface area (Å²) in [4.78, 5) is 29.9. The van der Waals surface area contributed by atoms with E-state index in [4.69, 9.17) is 4.74 Å². The van der Waals surface area contributed by atoms with Gasteiger partial charge in [-0.15, -0.1) is 0 Å². The smallest absolute Gasteiger partial charge is 0.280 e. The summed E-state index contributed by atoms with van der Waals surface area (Å²) in [6.07, 6.45) is 4.73. The first-order chi connectivity index (χ1) is 16.9. The number of fused-ring (bicyclic) bond motifs is 1. The SMILES string of the molecule is COc1cccc(-c2ccc3c(=O)n(-c4ccc(C(=O)NC5CCC(O)C5)cn4)ncc3c2)c1C. The first kappa shape index (κ1) is 22.7. The molecule has 1 amide bonds. The Balaban J connectivity index is 1.41. The predicted molar refractivity (Wildman–Crippen MR) is 133 cm³/mol. The van der Waals surface area contributed by atoms with Crippen LogP contribution in [0.15, 0.2) is 65.7 Å². The Bertz CT molecular complexity index is 1460. The van der Waals surface area contributed by atoms with Crippen molar-refractivity contribution in [1.29, 1.82) is 0 Å². The summed E-state index contributed by atoms with van der Waals surface area (Å²) >= 11 is 0. The molecule has 0 saturated heterocycles. The molecule has 0 radical (unpaired) electrons. The number of hydrogen-bond donors (Lipinski definition) is 2. The fourth-order valence-electron chi connectivity index (χ4n) is 4.63. The third kappa shape index (κ3) is 4.40. The maximum Gasteiger partial charge on any atom is 0.280 e. The van der Waals surface area contributed by atoms with Crippen molar-refractivity contribution in [3.05, 3.63) is 82.4 Å². The molecule has 2 aromatic heterocycles. The van der Waals surface area contributed by atoms with Crippen molar-refractivity contribution in [2.24, 2.45) is 0 Å². The van der Waals surface area contributed by atoms with E-state index in [1.807, 2.05) is 37.3 Å². The molecule has 8 nitrogen and oxygen atoms in total. The summed E-state index contributed by atoms with van der Waals surface area (Å²) < 4.78 is 6.66. The van der Waals surface area contributed by atoms with Crippen LogP contribution in [0, 0.1) is 6.92 Å². The van der Waals surface area contributed by atoms with Crippen LogP contribution in [0.1, 0.15) is 35.2 Å². The number of amides is 1. The highest BCUT2D eigenvalue weighted by molar-refractivity contribution is 5.94. The van der Waals surface area contributed by atoms with Crippen LogP contribution < -0.4 is 15.6 Å². The molecule has 1 fully saturated rings. The molecule has 2 atom stereocenters. The van der Waals surface area contributed by atoms with Gasteiger partial charge in [-0.3, -0.25) is 9.59 Å². The van der Waals surface area contributed by atoms with Crippen molar-refractivity contribution in [2.75, 3.05) is 7.11 Å². The molecule has 1 saturated carbocycles. The number of benzene rings is 2. The van der Waals surface area contributed by atoms with Gasteiger partial charge in [-0.05, 0) is 73.2 Å². The maximum absolute atomic E-state index is 13.2. The molecule has 8 heteroatoms. The van der Waals surface area contributed by atoms with Crippen molar-refractivity contribution in [2.45, 2.75) is 38.3 Å². The van der Waals surface area contributed by atoms with Crippen molar-refractivity contribution in [3.8, 4) is 22.7 Å². The molecule has 0 bridgehead atoms. The average molecular weight is 471 g/mol. The molecule has 178 valence electrons. The van der Waals surface area contributed by atoms with E-state index < -0.39 is 0 Å². The number of carbonyl (C=O) groups excluding carboxylic acids is 1. The van der Waals surface area contributed by atoms with Crippen molar-refractivity contribution >= 4 is 16.7 Å². The standard InChI is InChI=1S/C27H26N4O4/c1-16-22(4-3-5-24(16)35-2)17-6-10-23-19(12-17)15-29-31(27(23)34)25-11-7-18(14-28-25)26(33)30-20-8-9-21(32)13-20/h3-7,10-12,14-15,20-21,32H,8-9,13H2,1-2H3,(H,30,33). The second-order valence-electron chi connectivity index (χ2n) is 8.84. The summed E-state index contributed by atoms with van der Waals surface area (Å²) in [5, 5.41) is 18.1. The Morgan fingerprint density at radius 3 is 2.71 bits per heavy atom. The van der Waals surface area contributed by atoms with E-state index in [9.17, 15) is 14.7 Å². The van der Waals surface area contributed by atoms with E-state index in [0.717, 1.165) is 34.2 Å². The summed E-state index contributed by atoms with van der Waals surface area (Å²) in [6.45, 7) is 2.00. The number of aliphatic hydroxyl groups is 1. The monoisotopic (exact) mass is 470 g/mol. The van der Waals surface area contributed by atoms with Crippen LogP contribution in [0.25, 0.3) is 27.7 Å². The van der Waals surface area contributed by atoms with Gasteiger partial charge in [-0.25, -0.2) is 4.98 Å². The second-order valence-corrected chi connectivity index (χ2v) is 8.84. The number of aromatic nitrogens is 3. The zero-order valence-corrected chi connectivity index (χ0v) is 19.6. The fraction of sp³-hybridized carbons (Fsp3) is 0.259. The lowest BCUT2D eigenvalue weighted by atomic mass is 9.98. The Morgan fingerprint density at radius 1 is 1.14 bits per heavy atom. The summed E-state index contributed by atoms with van der Waals surface area (Å²) in [7, 11) is 1.65. The topological polar surface area (TPSA) is 106 Å². The van der Waals surface area contributed by atoms with Gasteiger partial charge in [0, 0.05) is 17.6 Å². The van der Waals surface area contributed by atoms with Crippen LogP contribution in [-0.2, 0) is 0 Å². The molecule has 35 heavy (non-hydrogen) atoms. The number of nitrogens with one attached hydrogen (secondary N) is 1. The Hall–Kier alpha value is -4.04. The van der Waals surface area contributed by atoms with Crippen molar-refractivity contribution < 1.29 is 14.6 Å². The van der Waals surface area contributed by atoms with Gasteiger partial charge in [0.2, 0.25) is 0 Å². The highest BCUT2D eigenvalue weighted by Gasteiger charge is 2.24. The molecule has 2 aromatic carbocycles. The van der Waals surface area contributed by atoms with Gasteiger partial charge in [-0.2, -0.15) is 9.78 Å². The zero-order valence-electron chi connectivity index (χ0n) is 19.6. The first-order valence-electron chi connectivity index (χ1n) is 11.6. The normalized spacial score (nSPS) is 17.5. The van der Waals surface area contributed by atoms with E-state index in [1.165, 1.54) is 10.9 Å². The number of rotatable bonds is 5. The molecule has 2 unspecified atom stereocenters. The van der Waals surface area contributed by atoms with Gasteiger partial charge in [0.1, 0.15) is 5.75 Å². The number of nitrogens with zero attached hydrogens (tertiary/aromatic N) is 3. The summed E-state index contributed by atoms with van der Waals surface area (Å²) in [6, 6.07) is 14.7. The third-order valence-electron chi connectivity index (χ3n) is 6.57. The molecular formula is C27H26N4O4. The predicted octanol–water partition coefficient (Wildman–Crippen LogP) is 3.41. The molecule has 2 heterocycles. The van der Waals surface area contributed by atoms with E-state index in [1.54, 1.807) is 31.5 Å².